The van der Waals surface area contributed by atoms with Crippen LogP contribution in [0.5, 0.6) is 5.75 Å². The highest BCUT2D eigenvalue weighted by atomic mass is 16.5. The molecule has 1 aliphatic carbocycles. The molecule has 146 valence electrons. The zero-order chi connectivity index (χ0) is 19.2. The van der Waals surface area contributed by atoms with Gasteiger partial charge in [-0.15, -0.1) is 0 Å². The van der Waals surface area contributed by atoms with Gasteiger partial charge in [-0.2, -0.15) is 0 Å². The summed E-state index contributed by atoms with van der Waals surface area (Å²) in [5.74, 6) is -0.418. The van der Waals surface area contributed by atoms with Gasteiger partial charge in [-0.05, 0) is 36.6 Å². The smallest absolute Gasteiger partial charge is 0.228 e. The van der Waals surface area contributed by atoms with Crippen molar-refractivity contribution in [3.05, 3.63) is 23.8 Å². The molecule has 1 heterocycles. The standard InChI is InChI=1S/C20H27N3O4/c1-27-14-7-8-17-15(11-14)16(12-19(25)23-17)20(26)21-10-9-18(24)22-13-5-3-2-4-6-13/h7-8,11,13,16H,2-6,9-10,12H2,1H3,(H,21,26)(H,22,24)(H,23,25)/t16-/m1/s1. The van der Waals surface area contributed by atoms with Gasteiger partial charge in [0.2, 0.25) is 17.7 Å². The molecule has 2 aliphatic rings. The predicted octanol–water partition coefficient (Wildman–Crippen LogP) is 2.08. The Bertz CT molecular complexity index is 713. The number of rotatable bonds is 6. The van der Waals surface area contributed by atoms with Gasteiger partial charge in [-0.25, -0.2) is 0 Å². The summed E-state index contributed by atoms with van der Waals surface area (Å²) in [7, 11) is 1.56. The normalized spacial score (nSPS) is 19.6. The van der Waals surface area contributed by atoms with Crippen molar-refractivity contribution in [2.45, 2.75) is 56.9 Å². The first kappa shape index (κ1) is 19.2. The van der Waals surface area contributed by atoms with E-state index < -0.39 is 5.92 Å². The molecule has 0 spiro atoms. The number of carbonyl (C=O) groups excluding carboxylic acids is 3. The van der Waals surface area contributed by atoms with E-state index in [2.05, 4.69) is 16.0 Å². The van der Waals surface area contributed by atoms with Crippen molar-refractivity contribution in [2.24, 2.45) is 0 Å². The molecule has 7 heteroatoms. The minimum Gasteiger partial charge on any atom is -0.497 e. The fraction of sp³-hybridized carbons (Fsp3) is 0.550. The van der Waals surface area contributed by atoms with Gasteiger partial charge in [0.15, 0.2) is 0 Å². The third-order valence-electron chi connectivity index (χ3n) is 5.24. The van der Waals surface area contributed by atoms with E-state index in [1.54, 1.807) is 25.3 Å². The molecule has 1 aromatic rings. The van der Waals surface area contributed by atoms with Crippen LogP contribution in [0.2, 0.25) is 0 Å². The number of ether oxygens (including phenoxy) is 1. The number of benzene rings is 1. The number of hydrogen-bond donors (Lipinski definition) is 3. The molecule has 3 amide bonds. The highest BCUT2D eigenvalue weighted by Crippen LogP contribution is 2.35. The van der Waals surface area contributed by atoms with Gasteiger partial charge in [-0.3, -0.25) is 14.4 Å². The number of methoxy groups -OCH3 is 1. The van der Waals surface area contributed by atoms with E-state index in [1.807, 2.05) is 0 Å². The summed E-state index contributed by atoms with van der Waals surface area (Å²) in [5.41, 5.74) is 1.36. The topological polar surface area (TPSA) is 96.5 Å². The van der Waals surface area contributed by atoms with Crippen molar-refractivity contribution in [3.8, 4) is 5.75 Å². The van der Waals surface area contributed by atoms with Crippen LogP contribution in [0.15, 0.2) is 18.2 Å². The second kappa shape index (κ2) is 8.88. The molecular weight excluding hydrogens is 346 g/mol. The lowest BCUT2D eigenvalue weighted by atomic mass is 9.89. The van der Waals surface area contributed by atoms with E-state index in [1.165, 1.54) is 6.42 Å². The van der Waals surface area contributed by atoms with E-state index in [9.17, 15) is 14.4 Å². The van der Waals surface area contributed by atoms with Crippen molar-refractivity contribution >= 4 is 23.4 Å². The van der Waals surface area contributed by atoms with Crippen LogP contribution in [0.25, 0.3) is 0 Å². The minimum atomic E-state index is -0.578. The molecule has 0 unspecified atom stereocenters. The maximum absolute atomic E-state index is 12.6. The first-order valence-electron chi connectivity index (χ1n) is 9.61. The molecule has 27 heavy (non-hydrogen) atoms. The van der Waals surface area contributed by atoms with Gasteiger partial charge < -0.3 is 20.7 Å². The highest BCUT2D eigenvalue weighted by Gasteiger charge is 2.31. The van der Waals surface area contributed by atoms with Crippen LogP contribution < -0.4 is 20.7 Å². The molecule has 1 saturated carbocycles. The Morgan fingerprint density at radius 3 is 2.74 bits per heavy atom. The molecule has 3 rings (SSSR count). The van der Waals surface area contributed by atoms with Gasteiger partial charge in [0, 0.05) is 31.1 Å². The van der Waals surface area contributed by atoms with Crippen LogP contribution >= 0.6 is 0 Å². The molecule has 0 aromatic heterocycles. The SMILES string of the molecule is COc1ccc2c(c1)[C@H](C(=O)NCCC(=O)NC1CCCCC1)CC(=O)N2. The van der Waals surface area contributed by atoms with E-state index >= 15 is 0 Å². The van der Waals surface area contributed by atoms with E-state index in [4.69, 9.17) is 4.74 Å². The third-order valence-corrected chi connectivity index (χ3v) is 5.24. The van der Waals surface area contributed by atoms with Gasteiger partial charge >= 0.3 is 0 Å². The second-order valence-electron chi connectivity index (χ2n) is 7.20. The summed E-state index contributed by atoms with van der Waals surface area (Å²) < 4.78 is 5.22. The lowest BCUT2D eigenvalue weighted by Crippen LogP contribution is -2.39. The fourth-order valence-corrected chi connectivity index (χ4v) is 3.77. The Morgan fingerprint density at radius 2 is 2.00 bits per heavy atom. The van der Waals surface area contributed by atoms with E-state index in [-0.39, 0.29) is 43.1 Å². The molecular formula is C20H27N3O4. The third kappa shape index (κ3) is 4.99. The average Bonchev–Trinajstić information content (AvgIpc) is 2.67. The summed E-state index contributed by atoms with van der Waals surface area (Å²) in [4.78, 5) is 36.6. The van der Waals surface area contributed by atoms with Crippen LogP contribution in [0.1, 0.15) is 56.4 Å². The monoisotopic (exact) mass is 373 g/mol. The zero-order valence-electron chi connectivity index (χ0n) is 15.7. The van der Waals surface area contributed by atoms with E-state index in [0.29, 0.717) is 11.4 Å². The Morgan fingerprint density at radius 1 is 1.22 bits per heavy atom. The van der Waals surface area contributed by atoms with Crippen molar-refractivity contribution in [3.63, 3.8) is 0 Å². The van der Waals surface area contributed by atoms with Gasteiger partial charge in [-0.1, -0.05) is 19.3 Å². The Kier molecular flexibility index (Phi) is 6.32. The van der Waals surface area contributed by atoms with Crippen LogP contribution in [-0.2, 0) is 14.4 Å². The summed E-state index contributed by atoms with van der Waals surface area (Å²) in [6.07, 6.45) is 5.96. The molecule has 7 nitrogen and oxygen atoms in total. The van der Waals surface area contributed by atoms with Gasteiger partial charge in [0.1, 0.15) is 5.75 Å². The molecule has 1 atom stereocenters. The summed E-state index contributed by atoms with van der Waals surface area (Å²) in [6.45, 7) is 0.259. The largest absolute Gasteiger partial charge is 0.497 e. The second-order valence-corrected chi connectivity index (χ2v) is 7.20. The molecule has 1 aliphatic heterocycles. The lowest BCUT2D eigenvalue weighted by Gasteiger charge is -2.25. The van der Waals surface area contributed by atoms with Crippen molar-refractivity contribution < 1.29 is 19.1 Å². The maximum Gasteiger partial charge on any atom is 0.228 e. The number of carbonyl (C=O) groups is 3. The van der Waals surface area contributed by atoms with Crippen molar-refractivity contribution in [1.82, 2.24) is 10.6 Å². The number of fused-ring (bicyclic) bond motifs is 1. The number of amides is 3. The van der Waals surface area contributed by atoms with Crippen LogP contribution in [0.3, 0.4) is 0 Å². The fourth-order valence-electron chi connectivity index (χ4n) is 3.77. The summed E-state index contributed by atoms with van der Waals surface area (Å²) in [5, 5.41) is 8.62. The maximum atomic E-state index is 12.6. The number of hydrogen-bond acceptors (Lipinski definition) is 4. The molecule has 0 saturated heterocycles. The first-order valence-corrected chi connectivity index (χ1v) is 9.61. The Labute approximate surface area is 159 Å². The first-order chi connectivity index (χ1) is 13.1. The zero-order valence-corrected chi connectivity index (χ0v) is 15.7. The van der Waals surface area contributed by atoms with Crippen molar-refractivity contribution in [2.75, 3.05) is 19.0 Å². The van der Waals surface area contributed by atoms with Crippen LogP contribution in [0.4, 0.5) is 5.69 Å². The van der Waals surface area contributed by atoms with Crippen LogP contribution in [-0.4, -0.2) is 37.4 Å². The van der Waals surface area contributed by atoms with Crippen LogP contribution in [0, 0.1) is 0 Å². The summed E-state index contributed by atoms with van der Waals surface area (Å²) in [6, 6.07) is 5.52. The Hall–Kier alpha value is -2.57. The van der Waals surface area contributed by atoms with Gasteiger partial charge in [0.25, 0.3) is 0 Å². The number of nitrogens with one attached hydrogen (secondary N) is 3. The predicted molar refractivity (Wildman–Crippen MR) is 102 cm³/mol. The van der Waals surface area contributed by atoms with Gasteiger partial charge in [0.05, 0.1) is 13.0 Å². The highest BCUT2D eigenvalue weighted by molar-refractivity contribution is 6.01. The average molecular weight is 373 g/mol. The Balaban J connectivity index is 1.53. The quantitative estimate of drug-likeness (QED) is 0.711. The molecule has 0 radical (unpaired) electrons. The summed E-state index contributed by atoms with van der Waals surface area (Å²) >= 11 is 0. The molecule has 0 bridgehead atoms. The minimum absolute atomic E-state index is 0.0364. The molecule has 1 fully saturated rings. The van der Waals surface area contributed by atoms with E-state index in [0.717, 1.165) is 31.2 Å². The lowest BCUT2D eigenvalue weighted by molar-refractivity contribution is -0.126. The van der Waals surface area contributed by atoms with Crippen molar-refractivity contribution in [1.29, 1.82) is 0 Å². The molecule has 3 N–H and O–H groups in total. The molecule has 1 aromatic carbocycles. The number of anilines is 1.